The van der Waals surface area contributed by atoms with Gasteiger partial charge in [0.15, 0.2) is 0 Å². The van der Waals surface area contributed by atoms with Crippen LogP contribution in [0.5, 0.6) is 0 Å². The number of nitrogens with zero attached hydrogens (tertiary/aromatic N) is 1. The number of anilines is 1. The fourth-order valence-corrected chi connectivity index (χ4v) is 2.71. The van der Waals surface area contributed by atoms with Gasteiger partial charge in [0.25, 0.3) is 0 Å². The molecule has 0 atom stereocenters. The molecule has 1 saturated heterocycles. The van der Waals surface area contributed by atoms with Crippen LogP contribution in [0.15, 0.2) is 24.3 Å². The number of para-hydroxylation sites is 1. The minimum Gasteiger partial charge on any atom is -0.438 e. The molecule has 1 N–H and O–H groups in total. The molecule has 4 nitrogen and oxygen atoms in total. The number of hydrogen-bond acceptors (Lipinski definition) is 3. The van der Waals surface area contributed by atoms with Crippen molar-refractivity contribution in [2.75, 3.05) is 25.5 Å². The third-order valence-electron chi connectivity index (χ3n) is 3.74. The Balaban J connectivity index is 2.02. The first kappa shape index (κ1) is 10.6. The highest BCUT2D eigenvalue weighted by Crippen LogP contribution is 2.42. The summed E-state index contributed by atoms with van der Waals surface area (Å²) in [4.78, 5) is 13.9. The number of benzene rings is 1. The van der Waals surface area contributed by atoms with Crippen LogP contribution >= 0.6 is 0 Å². The van der Waals surface area contributed by atoms with E-state index < -0.39 is 5.60 Å². The summed E-state index contributed by atoms with van der Waals surface area (Å²) in [7, 11) is 2.10. The van der Waals surface area contributed by atoms with E-state index >= 15 is 0 Å². The van der Waals surface area contributed by atoms with Gasteiger partial charge in [-0.3, -0.25) is 5.32 Å². The Kier molecular flexibility index (Phi) is 2.33. The number of rotatable bonds is 0. The number of piperidine rings is 1. The van der Waals surface area contributed by atoms with Crippen molar-refractivity contribution in [2.24, 2.45) is 0 Å². The van der Waals surface area contributed by atoms with Crippen molar-refractivity contribution in [3.63, 3.8) is 0 Å². The molecule has 17 heavy (non-hydrogen) atoms. The molecular weight excluding hydrogens is 216 g/mol. The number of nitrogens with one attached hydrogen (secondary N) is 1. The lowest BCUT2D eigenvalue weighted by atomic mass is 9.82. The highest BCUT2D eigenvalue weighted by Gasteiger charge is 2.43. The molecule has 2 aliphatic rings. The minimum absolute atomic E-state index is 0.326. The number of carbonyl (C=O) groups is 1. The van der Waals surface area contributed by atoms with Crippen molar-refractivity contribution in [3.8, 4) is 0 Å². The molecule has 1 amide bonds. The van der Waals surface area contributed by atoms with Crippen LogP contribution in [0.2, 0.25) is 0 Å². The van der Waals surface area contributed by atoms with Crippen LogP contribution in [0.25, 0.3) is 0 Å². The summed E-state index contributed by atoms with van der Waals surface area (Å²) in [6.45, 7) is 1.92. The lowest BCUT2D eigenvalue weighted by molar-refractivity contribution is -0.0333. The summed E-state index contributed by atoms with van der Waals surface area (Å²) in [5.41, 5.74) is 1.60. The van der Waals surface area contributed by atoms with Crippen LogP contribution in [0.1, 0.15) is 18.4 Å². The minimum atomic E-state index is -0.411. The second-order valence-corrected chi connectivity index (χ2v) is 4.86. The van der Waals surface area contributed by atoms with Crippen molar-refractivity contribution in [3.05, 3.63) is 29.8 Å². The van der Waals surface area contributed by atoms with E-state index in [4.69, 9.17) is 4.74 Å². The highest BCUT2D eigenvalue weighted by molar-refractivity contribution is 5.88. The SMILES string of the molecule is CN1CCC2(CC1)OC(=O)Nc1ccccc12. The van der Waals surface area contributed by atoms with Gasteiger partial charge in [-0.1, -0.05) is 18.2 Å². The Morgan fingerprint density at radius 2 is 2.00 bits per heavy atom. The van der Waals surface area contributed by atoms with E-state index in [1.165, 1.54) is 0 Å². The topological polar surface area (TPSA) is 41.6 Å². The molecule has 1 aromatic rings. The van der Waals surface area contributed by atoms with Crippen LogP contribution in [-0.2, 0) is 10.3 Å². The molecule has 2 aliphatic heterocycles. The Morgan fingerprint density at radius 1 is 1.29 bits per heavy atom. The number of amides is 1. The molecule has 90 valence electrons. The van der Waals surface area contributed by atoms with Crippen LogP contribution in [0.4, 0.5) is 10.5 Å². The Hall–Kier alpha value is -1.55. The fourth-order valence-electron chi connectivity index (χ4n) is 2.71. The van der Waals surface area contributed by atoms with Gasteiger partial charge in [-0.2, -0.15) is 0 Å². The molecule has 0 aromatic heterocycles. The van der Waals surface area contributed by atoms with Gasteiger partial charge in [-0.15, -0.1) is 0 Å². The lowest BCUT2D eigenvalue weighted by Gasteiger charge is -2.43. The average Bonchev–Trinajstić information content (AvgIpc) is 2.33. The van der Waals surface area contributed by atoms with E-state index in [1.807, 2.05) is 18.2 Å². The Morgan fingerprint density at radius 3 is 2.76 bits per heavy atom. The maximum atomic E-state index is 11.6. The standard InChI is InChI=1S/C13H16N2O2/c1-15-8-6-13(7-9-15)10-4-2-3-5-11(10)14-12(16)17-13/h2-5H,6-9H2,1H3,(H,14,16). The molecule has 4 heteroatoms. The first-order chi connectivity index (χ1) is 8.20. The van der Waals surface area contributed by atoms with Gasteiger partial charge in [-0.05, 0) is 13.1 Å². The van der Waals surface area contributed by atoms with Crippen molar-refractivity contribution in [1.29, 1.82) is 0 Å². The van der Waals surface area contributed by atoms with Crippen molar-refractivity contribution in [2.45, 2.75) is 18.4 Å². The zero-order valence-corrected chi connectivity index (χ0v) is 9.90. The van der Waals surface area contributed by atoms with Crippen LogP contribution in [0.3, 0.4) is 0 Å². The molecule has 2 heterocycles. The Bertz CT molecular complexity index is 450. The number of likely N-dealkylation sites (tertiary alicyclic amines) is 1. The molecule has 1 aromatic carbocycles. The van der Waals surface area contributed by atoms with Gasteiger partial charge in [0, 0.05) is 31.5 Å². The van der Waals surface area contributed by atoms with E-state index in [0.29, 0.717) is 0 Å². The first-order valence-electron chi connectivity index (χ1n) is 5.98. The van der Waals surface area contributed by atoms with Gasteiger partial charge in [0.1, 0.15) is 5.60 Å². The number of fused-ring (bicyclic) bond motifs is 2. The summed E-state index contributed by atoms with van der Waals surface area (Å²) in [5, 5.41) is 2.77. The quantitative estimate of drug-likeness (QED) is 0.745. The predicted molar refractivity (Wildman–Crippen MR) is 65.0 cm³/mol. The summed E-state index contributed by atoms with van der Waals surface area (Å²) in [5.74, 6) is 0. The second kappa shape index (κ2) is 3.74. The third kappa shape index (κ3) is 1.69. The zero-order chi connectivity index (χ0) is 11.9. The molecular formula is C13H16N2O2. The predicted octanol–water partition coefficient (Wildman–Crippen LogP) is 2.17. The molecule has 1 spiro atoms. The van der Waals surface area contributed by atoms with Gasteiger partial charge in [-0.25, -0.2) is 4.79 Å². The molecule has 0 unspecified atom stereocenters. The monoisotopic (exact) mass is 232 g/mol. The maximum Gasteiger partial charge on any atom is 0.412 e. The normalized spacial score (nSPS) is 22.8. The molecule has 0 saturated carbocycles. The number of carbonyl (C=O) groups excluding carboxylic acids is 1. The van der Waals surface area contributed by atoms with Gasteiger partial charge in [0.05, 0.1) is 5.69 Å². The van der Waals surface area contributed by atoms with E-state index in [1.54, 1.807) is 0 Å². The largest absolute Gasteiger partial charge is 0.438 e. The molecule has 0 radical (unpaired) electrons. The van der Waals surface area contributed by atoms with Gasteiger partial charge < -0.3 is 9.64 Å². The number of ether oxygens (including phenoxy) is 1. The van der Waals surface area contributed by atoms with Crippen molar-refractivity contribution in [1.82, 2.24) is 4.90 Å². The molecule has 0 aliphatic carbocycles. The summed E-state index contributed by atoms with van der Waals surface area (Å²) < 4.78 is 5.61. The average molecular weight is 232 g/mol. The summed E-state index contributed by atoms with van der Waals surface area (Å²) in [6, 6.07) is 7.93. The maximum absolute atomic E-state index is 11.6. The van der Waals surface area contributed by atoms with E-state index in [-0.39, 0.29) is 6.09 Å². The molecule has 3 rings (SSSR count). The zero-order valence-electron chi connectivity index (χ0n) is 9.90. The smallest absolute Gasteiger partial charge is 0.412 e. The summed E-state index contributed by atoms with van der Waals surface area (Å²) in [6.07, 6.45) is 1.41. The van der Waals surface area contributed by atoms with Gasteiger partial charge >= 0.3 is 6.09 Å². The van der Waals surface area contributed by atoms with E-state index in [9.17, 15) is 4.79 Å². The lowest BCUT2D eigenvalue weighted by Crippen LogP contribution is -2.47. The third-order valence-corrected chi connectivity index (χ3v) is 3.74. The van der Waals surface area contributed by atoms with Gasteiger partial charge in [0.2, 0.25) is 0 Å². The second-order valence-electron chi connectivity index (χ2n) is 4.86. The fraction of sp³-hybridized carbons (Fsp3) is 0.462. The van der Waals surface area contributed by atoms with Crippen LogP contribution < -0.4 is 5.32 Å². The highest BCUT2D eigenvalue weighted by atomic mass is 16.6. The van der Waals surface area contributed by atoms with Crippen molar-refractivity contribution < 1.29 is 9.53 Å². The van der Waals surface area contributed by atoms with E-state index in [2.05, 4.69) is 23.3 Å². The number of hydrogen-bond donors (Lipinski definition) is 1. The molecule has 1 fully saturated rings. The van der Waals surface area contributed by atoms with E-state index in [0.717, 1.165) is 37.2 Å². The van der Waals surface area contributed by atoms with Crippen LogP contribution in [0, 0.1) is 0 Å². The first-order valence-corrected chi connectivity index (χ1v) is 5.98. The molecule has 0 bridgehead atoms. The van der Waals surface area contributed by atoms with Crippen LogP contribution in [-0.4, -0.2) is 31.1 Å². The Labute approximate surface area is 101 Å². The van der Waals surface area contributed by atoms with Crippen molar-refractivity contribution >= 4 is 11.8 Å². The summed E-state index contributed by atoms with van der Waals surface area (Å²) >= 11 is 0.